The number of rotatable bonds is 5. The van der Waals surface area contributed by atoms with E-state index in [2.05, 4.69) is 12.1 Å². The SMILES string of the molecule is CC(C)OCC(=O)N1CC[C@H](c2c(C(=O)N3CCOCC3)sc3ccccc23)C1. The largest absolute Gasteiger partial charge is 0.378 e. The zero-order valence-corrected chi connectivity index (χ0v) is 17.9. The molecule has 2 saturated heterocycles. The second-order valence-electron chi connectivity index (χ2n) is 7.93. The minimum absolute atomic E-state index is 0.0294. The number of carbonyl (C=O) groups is 2. The van der Waals surface area contributed by atoms with Gasteiger partial charge in [0.15, 0.2) is 0 Å². The molecule has 0 radical (unpaired) electrons. The number of hydrogen-bond donors (Lipinski definition) is 0. The van der Waals surface area contributed by atoms with Gasteiger partial charge in [-0.1, -0.05) is 18.2 Å². The van der Waals surface area contributed by atoms with Gasteiger partial charge in [0.05, 0.1) is 24.2 Å². The summed E-state index contributed by atoms with van der Waals surface area (Å²) in [5.74, 6) is 0.299. The summed E-state index contributed by atoms with van der Waals surface area (Å²) in [6.07, 6.45) is 0.910. The minimum Gasteiger partial charge on any atom is -0.378 e. The molecule has 2 aromatic rings. The van der Waals surface area contributed by atoms with Gasteiger partial charge in [0.1, 0.15) is 6.61 Å². The number of carbonyl (C=O) groups excluding carboxylic acids is 2. The van der Waals surface area contributed by atoms with Crippen LogP contribution in [0.2, 0.25) is 0 Å². The van der Waals surface area contributed by atoms with Gasteiger partial charge < -0.3 is 19.3 Å². The lowest BCUT2D eigenvalue weighted by Gasteiger charge is -2.27. The molecule has 2 aliphatic heterocycles. The first-order chi connectivity index (χ1) is 14.0. The molecule has 0 unspecified atom stereocenters. The molecule has 0 saturated carbocycles. The van der Waals surface area contributed by atoms with E-state index in [9.17, 15) is 9.59 Å². The smallest absolute Gasteiger partial charge is 0.264 e. The Morgan fingerprint density at radius 2 is 1.93 bits per heavy atom. The highest BCUT2D eigenvalue weighted by Crippen LogP contribution is 2.40. The van der Waals surface area contributed by atoms with Crippen LogP contribution in [-0.4, -0.2) is 73.7 Å². The molecule has 1 aromatic heterocycles. The van der Waals surface area contributed by atoms with Crippen molar-refractivity contribution < 1.29 is 19.1 Å². The zero-order chi connectivity index (χ0) is 20.4. The first-order valence-electron chi connectivity index (χ1n) is 10.3. The summed E-state index contributed by atoms with van der Waals surface area (Å²) in [4.78, 5) is 30.4. The number of nitrogens with zero attached hydrogens (tertiary/aromatic N) is 2. The van der Waals surface area contributed by atoms with Crippen LogP contribution in [0.3, 0.4) is 0 Å². The van der Waals surface area contributed by atoms with Gasteiger partial charge >= 0.3 is 0 Å². The number of benzene rings is 1. The van der Waals surface area contributed by atoms with E-state index in [1.165, 1.54) is 0 Å². The number of thiophene rings is 1. The summed E-state index contributed by atoms with van der Waals surface area (Å²) < 4.78 is 12.0. The van der Waals surface area contributed by atoms with Crippen molar-refractivity contribution in [1.29, 1.82) is 0 Å². The molecular weight excluding hydrogens is 388 g/mol. The van der Waals surface area contributed by atoms with E-state index in [4.69, 9.17) is 9.47 Å². The van der Waals surface area contributed by atoms with Crippen LogP contribution in [0, 0.1) is 0 Å². The van der Waals surface area contributed by atoms with E-state index in [0.717, 1.165) is 26.9 Å². The van der Waals surface area contributed by atoms with E-state index in [-0.39, 0.29) is 30.4 Å². The third-order valence-electron chi connectivity index (χ3n) is 5.62. The Balaban J connectivity index is 1.59. The Bertz CT molecular complexity index is 888. The number of morpholine rings is 1. The Kier molecular flexibility index (Phi) is 6.18. The van der Waals surface area contributed by atoms with Crippen LogP contribution in [0.25, 0.3) is 10.1 Å². The van der Waals surface area contributed by atoms with Crippen molar-refractivity contribution in [3.8, 4) is 0 Å². The van der Waals surface area contributed by atoms with Crippen LogP contribution in [0.1, 0.15) is 41.4 Å². The fourth-order valence-electron chi connectivity index (χ4n) is 4.09. The number of likely N-dealkylation sites (tertiary alicyclic amines) is 1. The molecule has 7 heteroatoms. The molecular formula is C22H28N2O4S. The monoisotopic (exact) mass is 416 g/mol. The number of fused-ring (bicyclic) bond motifs is 1. The van der Waals surface area contributed by atoms with E-state index in [0.29, 0.717) is 39.4 Å². The average Bonchev–Trinajstić information content (AvgIpc) is 3.36. The molecule has 29 heavy (non-hydrogen) atoms. The first-order valence-corrected chi connectivity index (χ1v) is 11.1. The molecule has 0 N–H and O–H groups in total. The van der Waals surface area contributed by atoms with E-state index in [1.54, 1.807) is 11.3 Å². The number of amides is 2. The third-order valence-corrected chi connectivity index (χ3v) is 6.79. The Morgan fingerprint density at radius 1 is 1.17 bits per heavy atom. The molecule has 1 atom stereocenters. The predicted octanol–water partition coefficient (Wildman–Crippen LogP) is 3.11. The molecule has 1 aromatic carbocycles. The molecule has 2 amide bonds. The van der Waals surface area contributed by atoms with Crippen LogP contribution >= 0.6 is 11.3 Å². The maximum Gasteiger partial charge on any atom is 0.264 e. The van der Waals surface area contributed by atoms with Gasteiger partial charge in [-0.3, -0.25) is 9.59 Å². The van der Waals surface area contributed by atoms with Crippen LogP contribution < -0.4 is 0 Å². The van der Waals surface area contributed by atoms with E-state index in [1.807, 2.05) is 35.8 Å². The average molecular weight is 417 g/mol. The van der Waals surface area contributed by atoms with Crippen LogP contribution in [0.4, 0.5) is 0 Å². The lowest BCUT2D eigenvalue weighted by molar-refractivity contribution is -0.136. The summed E-state index contributed by atoms with van der Waals surface area (Å²) >= 11 is 1.58. The van der Waals surface area contributed by atoms with Crippen molar-refractivity contribution >= 4 is 33.2 Å². The van der Waals surface area contributed by atoms with Gasteiger partial charge in [-0.2, -0.15) is 0 Å². The van der Waals surface area contributed by atoms with Crippen molar-refractivity contribution in [3.05, 3.63) is 34.7 Å². The van der Waals surface area contributed by atoms with Gasteiger partial charge in [0.2, 0.25) is 5.91 Å². The highest BCUT2D eigenvalue weighted by Gasteiger charge is 2.34. The molecule has 2 fully saturated rings. The second-order valence-corrected chi connectivity index (χ2v) is 8.98. The van der Waals surface area contributed by atoms with Crippen molar-refractivity contribution in [2.24, 2.45) is 0 Å². The van der Waals surface area contributed by atoms with Gasteiger partial charge in [-0.05, 0) is 37.3 Å². The number of ether oxygens (including phenoxy) is 2. The van der Waals surface area contributed by atoms with Crippen molar-refractivity contribution in [2.45, 2.75) is 32.3 Å². The van der Waals surface area contributed by atoms with Crippen LogP contribution in [0.5, 0.6) is 0 Å². The van der Waals surface area contributed by atoms with Gasteiger partial charge in [-0.25, -0.2) is 0 Å². The quantitative estimate of drug-likeness (QED) is 0.752. The summed E-state index contributed by atoms with van der Waals surface area (Å²) in [7, 11) is 0. The van der Waals surface area contributed by atoms with Gasteiger partial charge in [-0.15, -0.1) is 11.3 Å². The van der Waals surface area contributed by atoms with Crippen molar-refractivity contribution in [1.82, 2.24) is 9.80 Å². The predicted molar refractivity (Wildman–Crippen MR) is 114 cm³/mol. The summed E-state index contributed by atoms with van der Waals surface area (Å²) in [5, 5.41) is 1.15. The Hall–Kier alpha value is -1.96. The zero-order valence-electron chi connectivity index (χ0n) is 17.1. The molecule has 0 bridgehead atoms. The standard InChI is InChI=1S/C22H28N2O4S/c1-15(2)28-14-19(25)24-8-7-16(13-24)20-17-5-3-4-6-18(17)29-21(20)22(26)23-9-11-27-12-10-23/h3-6,15-16H,7-14H2,1-2H3/t16-/m0/s1. The Labute approximate surface area is 175 Å². The normalized spacial score (nSPS) is 20.0. The highest BCUT2D eigenvalue weighted by molar-refractivity contribution is 7.21. The van der Waals surface area contributed by atoms with Crippen molar-refractivity contribution in [2.75, 3.05) is 46.0 Å². The molecule has 0 aliphatic carbocycles. The fourth-order valence-corrected chi connectivity index (χ4v) is 5.35. The van der Waals surface area contributed by atoms with E-state index >= 15 is 0 Å². The van der Waals surface area contributed by atoms with E-state index < -0.39 is 0 Å². The Morgan fingerprint density at radius 3 is 2.69 bits per heavy atom. The molecule has 4 rings (SSSR count). The topological polar surface area (TPSA) is 59.1 Å². The van der Waals surface area contributed by atoms with Crippen LogP contribution in [-0.2, 0) is 14.3 Å². The lowest BCUT2D eigenvalue weighted by Crippen LogP contribution is -2.40. The molecule has 6 nitrogen and oxygen atoms in total. The maximum atomic E-state index is 13.3. The highest BCUT2D eigenvalue weighted by atomic mass is 32.1. The first kappa shape index (κ1) is 20.3. The summed E-state index contributed by atoms with van der Waals surface area (Å²) in [5.41, 5.74) is 1.11. The van der Waals surface area contributed by atoms with Crippen LogP contribution in [0.15, 0.2) is 24.3 Å². The van der Waals surface area contributed by atoms with Crippen molar-refractivity contribution in [3.63, 3.8) is 0 Å². The van der Waals surface area contributed by atoms with Gasteiger partial charge in [0, 0.05) is 36.8 Å². The molecule has 3 heterocycles. The number of hydrogen-bond acceptors (Lipinski definition) is 5. The second kappa shape index (κ2) is 8.81. The summed E-state index contributed by atoms with van der Waals surface area (Å²) in [6, 6.07) is 8.22. The van der Waals surface area contributed by atoms with Gasteiger partial charge in [0.25, 0.3) is 5.91 Å². The minimum atomic E-state index is 0.0294. The fraction of sp³-hybridized carbons (Fsp3) is 0.545. The summed E-state index contributed by atoms with van der Waals surface area (Å²) in [6.45, 7) is 7.78. The third kappa shape index (κ3) is 4.32. The lowest BCUT2D eigenvalue weighted by atomic mass is 9.94. The maximum absolute atomic E-state index is 13.3. The molecule has 0 spiro atoms. The molecule has 156 valence electrons. The molecule has 2 aliphatic rings.